The first-order valence-electron chi connectivity index (χ1n) is 9.33. The molecule has 4 rings (SSSR count). The number of aromatic nitrogens is 2. The molecule has 0 unspecified atom stereocenters. The molecule has 0 spiro atoms. The Morgan fingerprint density at radius 3 is 2.71 bits per heavy atom. The van der Waals surface area contributed by atoms with Crippen LogP contribution in [0.25, 0.3) is 0 Å². The van der Waals surface area contributed by atoms with Gasteiger partial charge < -0.3 is 15.4 Å². The van der Waals surface area contributed by atoms with Crippen molar-refractivity contribution in [2.24, 2.45) is 0 Å². The first-order chi connectivity index (χ1) is 14.8. The van der Waals surface area contributed by atoms with Crippen LogP contribution in [-0.4, -0.2) is 29.0 Å². The molecule has 1 aromatic carbocycles. The highest BCUT2D eigenvalue weighted by Gasteiger charge is 2.48. The Bertz CT molecular complexity index is 1070. The summed E-state index contributed by atoms with van der Waals surface area (Å²) in [6, 6.07) is 8.09. The predicted octanol–water partition coefficient (Wildman–Crippen LogP) is 5.20. The number of alkyl halides is 3. The smallest absolute Gasteiger partial charge is 0.410 e. The maximum atomic E-state index is 13.8. The fraction of sp³-hybridized carbons (Fsp3) is 0.300. The van der Waals surface area contributed by atoms with Crippen LogP contribution in [0.3, 0.4) is 0 Å². The van der Waals surface area contributed by atoms with Crippen molar-refractivity contribution in [2.75, 3.05) is 12.4 Å². The fourth-order valence-electron chi connectivity index (χ4n) is 3.42. The molecule has 0 saturated carbocycles. The molecule has 11 heteroatoms. The molecule has 164 valence electrons. The predicted molar refractivity (Wildman–Crippen MR) is 112 cm³/mol. The summed E-state index contributed by atoms with van der Waals surface area (Å²) in [5.41, 5.74) is 0.539. The summed E-state index contributed by atoms with van der Waals surface area (Å²) < 4.78 is 47.2. The minimum atomic E-state index is -4.54. The van der Waals surface area contributed by atoms with Gasteiger partial charge in [-0.05, 0) is 29.1 Å². The maximum absolute atomic E-state index is 13.8. The second-order valence-electron chi connectivity index (χ2n) is 6.99. The summed E-state index contributed by atoms with van der Waals surface area (Å²) in [6.07, 6.45) is -4.79. The van der Waals surface area contributed by atoms with Crippen molar-refractivity contribution in [2.45, 2.75) is 31.2 Å². The van der Waals surface area contributed by atoms with Gasteiger partial charge in [0.25, 0.3) is 5.91 Å². The molecule has 2 atom stereocenters. The van der Waals surface area contributed by atoms with Crippen molar-refractivity contribution in [3.05, 3.63) is 62.9 Å². The molecule has 0 bridgehead atoms. The number of anilines is 1. The van der Waals surface area contributed by atoms with E-state index < -0.39 is 24.2 Å². The molecule has 1 aliphatic heterocycles. The van der Waals surface area contributed by atoms with E-state index in [9.17, 15) is 18.0 Å². The fourth-order valence-corrected chi connectivity index (χ4v) is 4.48. The molecule has 0 saturated heterocycles. The molecule has 2 aromatic heterocycles. The van der Waals surface area contributed by atoms with Crippen LogP contribution >= 0.6 is 22.9 Å². The van der Waals surface area contributed by atoms with E-state index >= 15 is 0 Å². The lowest BCUT2D eigenvalue weighted by molar-refractivity contribution is -0.173. The quantitative estimate of drug-likeness (QED) is 0.538. The molecule has 0 aliphatic carbocycles. The van der Waals surface area contributed by atoms with Gasteiger partial charge in [-0.15, -0.1) is 11.3 Å². The van der Waals surface area contributed by atoms with Gasteiger partial charge in [-0.3, -0.25) is 4.79 Å². The normalized spacial score (nSPS) is 18.2. The third-order valence-electron chi connectivity index (χ3n) is 5.01. The molecule has 0 radical (unpaired) electrons. The Balaban J connectivity index is 1.58. The number of methoxy groups -OCH3 is 1. The molecular weight excluding hydrogens is 453 g/mol. The zero-order valence-corrected chi connectivity index (χ0v) is 17.8. The van der Waals surface area contributed by atoms with Crippen molar-refractivity contribution < 1.29 is 22.7 Å². The molecule has 3 aromatic rings. The lowest BCUT2D eigenvalue weighted by atomic mass is 10.0. The van der Waals surface area contributed by atoms with Gasteiger partial charge in [-0.1, -0.05) is 29.8 Å². The third-order valence-corrected chi connectivity index (χ3v) is 6.35. The Morgan fingerprint density at radius 2 is 2.10 bits per heavy atom. The standard InChI is InChI=1S/C20H18ClF3N4O2S/c1-30-12-6-4-11(5-7-12)10-25-19(29)17-16(21)18-26-13(14-3-2-8-31-14)9-15(20(22,23)24)28(18)27-17/h2-8,13,15,26H,9-10H2,1H3,(H,25,29)/t13-,15-/m1/s1. The number of thiophene rings is 1. The molecule has 1 amide bonds. The summed E-state index contributed by atoms with van der Waals surface area (Å²) in [5, 5.41) is 11.3. The van der Waals surface area contributed by atoms with E-state index in [1.54, 1.807) is 48.9 Å². The summed E-state index contributed by atoms with van der Waals surface area (Å²) in [7, 11) is 1.55. The van der Waals surface area contributed by atoms with Crippen LogP contribution in [0.5, 0.6) is 5.75 Å². The molecule has 31 heavy (non-hydrogen) atoms. The number of carbonyl (C=O) groups is 1. The van der Waals surface area contributed by atoms with Crippen molar-refractivity contribution >= 4 is 34.7 Å². The van der Waals surface area contributed by atoms with E-state index in [2.05, 4.69) is 15.7 Å². The molecule has 0 fully saturated rings. The van der Waals surface area contributed by atoms with E-state index in [1.807, 2.05) is 0 Å². The highest BCUT2D eigenvalue weighted by atomic mass is 35.5. The molecular formula is C20H18ClF3N4O2S. The van der Waals surface area contributed by atoms with Crippen molar-refractivity contribution in [1.29, 1.82) is 0 Å². The number of nitrogens with one attached hydrogen (secondary N) is 2. The SMILES string of the molecule is COc1ccc(CNC(=O)c2nn3c(c2Cl)N[C@@H](c2cccs2)C[C@@H]3C(F)(F)F)cc1. The Hall–Kier alpha value is -2.72. The van der Waals surface area contributed by atoms with Crippen LogP contribution in [0.2, 0.25) is 5.02 Å². The number of fused-ring (bicyclic) bond motifs is 1. The van der Waals surface area contributed by atoms with E-state index in [1.165, 1.54) is 11.3 Å². The van der Waals surface area contributed by atoms with E-state index in [-0.39, 0.29) is 29.5 Å². The topological polar surface area (TPSA) is 68.2 Å². The summed E-state index contributed by atoms with van der Waals surface area (Å²) in [6.45, 7) is 0.162. The van der Waals surface area contributed by atoms with Crippen molar-refractivity contribution in [1.82, 2.24) is 15.1 Å². The average Bonchev–Trinajstić information content (AvgIpc) is 3.40. The number of hydrogen-bond donors (Lipinski definition) is 2. The highest BCUT2D eigenvalue weighted by Crippen LogP contribution is 2.46. The second kappa shape index (κ2) is 8.43. The van der Waals surface area contributed by atoms with Crippen LogP contribution in [0.15, 0.2) is 41.8 Å². The van der Waals surface area contributed by atoms with Crippen LogP contribution in [0.1, 0.15) is 39.4 Å². The molecule has 2 N–H and O–H groups in total. The minimum absolute atomic E-state index is 0.0109. The van der Waals surface area contributed by atoms with Crippen molar-refractivity contribution in [3.8, 4) is 5.75 Å². The Labute approximate surface area is 185 Å². The second-order valence-corrected chi connectivity index (χ2v) is 8.35. The van der Waals surface area contributed by atoms with Gasteiger partial charge in [0.15, 0.2) is 11.7 Å². The first kappa shape index (κ1) is 21.5. The number of hydrogen-bond acceptors (Lipinski definition) is 5. The number of amides is 1. The Morgan fingerprint density at radius 1 is 1.35 bits per heavy atom. The Kier molecular flexibility index (Phi) is 5.85. The zero-order chi connectivity index (χ0) is 22.2. The van der Waals surface area contributed by atoms with Gasteiger partial charge >= 0.3 is 6.18 Å². The lowest BCUT2D eigenvalue weighted by Crippen LogP contribution is -2.35. The number of nitrogens with zero attached hydrogens (tertiary/aromatic N) is 2. The van der Waals surface area contributed by atoms with Gasteiger partial charge in [0.1, 0.15) is 16.6 Å². The first-order valence-corrected chi connectivity index (χ1v) is 10.6. The van der Waals surface area contributed by atoms with Gasteiger partial charge in [-0.2, -0.15) is 18.3 Å². The number of carbonyl (C=O) groups excluding carboxylic acids is 1. The molecule has 1 aliphatic rings. The summed E-state index contributed by atoms with van der Waals surface area (Å²) >= 11 is 7.67. The van der Waals surface area contributed by atoms with Gasteiger partial charge in [0.05, 0.1) is 13.2 Å². The van der Waals surface area contributed by atoms with Crippen LogP contribution < -0.4 is 15.4 Å². The third kappa shape index (κ3) is 4.35. The van der Waals surface area contributed by atoms with Crippen molar-refractivity contribution in [3.63, 3.8) is 0 Å². The van der Waals surface area contributed by atoms with Crippen LogP contribution in [0.4, 0.5) is 19.0 Å². The van der Waals surface area contributed by atoms with E-state index in [4.69, 9.17) is 16.3 Å². The minimum Gasteiger partial charge on any atom is -0.497 e. The van der Waals surface area contributed by atoms with Gasteiger partial charge in [0.2, 0.25) is 0 Å². The number of benzene rings is 1. The highest BCUT2D eigenvalue weighted by molar-refractivity contribution is 7.10. The molecule has 6 nitrogen and oxygen atoms in total. The number of halogens is 4. The number of ether oxygens (including phenoxy) is 1. The van der Waals surface area contributed by atoms with Crippen LogP contribution in [-0.2, 0) is 6.54 Å². The monoisotopic (exact) mass is 470 g/mol. The largest absolute Gasteiger partial charge is 0.497 e. The summed E-state index contributed by atoms with van der Waals surface area (Å²) in [4.78, 5) is 13.4. The number of rotatable bonds is 5. The molecule has 3 heterocycles. The van der Waals surface area contributed by atoms with Gasteiger partial charge in [-0.25, -0.2) is 4.68 Å². The maximum Gasteiger partial charge on any atom is 0.410 e. The zero-order valence-electron chi connectivity index (χ0n) is 16.2. The van der Waals surface area contributed by atoms with E-state index in [0.29, 0.717) is 5.75 Å². The van der Waals surface area contributed by atoms with Crippen LogP contribution in [0, 0.1) is 0 Å². The lowest BCUT2D eigenvalue weighted by Gasteiger charge is -2.32. The summed E-state index contributed by atoms with van der Waals surface area (Å²) in [5.74, 6) is 0.00538. The average molecular weight is 471 g/mol. The van der Waals surface area contributed by atoms with E-state index in [0.717, 1.165) is 15.1 Å². The van der Waals surface area contributed by atoms with Gasteiger partial charge in [0, 0.05) is 17.8 Å².